The van der Waals surface area contributed by atoms with Crippen molar-refractivity contribution in [1.82, 2.24) is 0 Å². The first kappa shape index (κ1) is 16.0. The Kier molecular flexibility index (Phi) is 5.54. The van der Waals surface area contributed by atoms with Crippen LogP contribution >= 0.6 is 0 Å². The van der Waals surface area contributed by atoms with E-state index in [1.54, 1.807) is 11.1 Å². The molecule has 3 atom stereocenters. The van der Waals surface area contributed by atoms with Crippen molar-refractivity contribution in [2.45, 2.75) is 70.3 Å². The first-order valence-corrected chi connectivity index (χ1v) is 9.21. The summed E-state index contributed by atoms with van der Waals surface area (Å²) < 4.78 is 5.66. The summed E-state index contributed by atoms with van der Waals surface area (Å²) in [6.45, 7) is 4.02. The molecule has 1 aromatic rings. The minimum Gasteiger partial charge on any atom is -0.381 e. The van der Waals surface area contributed by atoms with Gasteiger partial charge in [-0.1, -0.05) is 25.1 Å². The van der Waals surface area contributed by atoms with E-state index in [1.165, 1.54) is 50.5 Å². The summed E-state index contributed by atoms with van der Waals surface area (Å²) in [6.07, 6.45) is 9.82. The highest BCUT2D eigenvalue weighted by atomic mass is 16.5. The highest BCUT2D eigenvalue weighted by Gasteiger charge is 2.25. The van der Waals surface area contributed by atoms with Gasteiger partial charge < -0.3 is 10.5 Å². The second-order valence-electron chi connectivity index (χ2n) is 7.31. The standard InChI is InChI=1S/C20H31NO/c1-2-10-22-11-9-15-3-4-17-13-18(6-5-16(17)12-15)19-7-8-20(21)14-19/h5-6,13,15,19-20H,2-4,7-12,14,21H2,1H3. The molecule has 0 saturated heterocycles. The summed E-state index contributed by atoms with van der Waals surface area (Å²) in [5.74, 6) is 1.52. The largest absolute Gasteiger partial charge is 0.381 e. The summed E-state index contributed by atoms with van der Waals surface area (Å²) in [6, 6.07) is 7.68. The van der Waals surface area contributed by atoms with Crippen molar-refractivity contribution in [2.24, 2.45) is 11.7 Å². The number of aryl methyl sites for hydroxylation is 1. The molecule has 122 valence electrons. The molecule has 3 unspecified atom stereocenters. The van der Waals surface area contributed by atoms with Crippen LogP contribution < -0.4 is 5.73 Å². The Hall–Kier alpha value is -0.860. The van der Waals surface area contributed by atoms with E-state index in [0.717, 1.165) is 25.6 Å². The molecule has 22 heavy (non-hydrogen) atoms. The minimum atomic E-state index is 0.425. The fraction of sp³-hybridized carbons (Fsp3) is 0.700. The van der Waals surface area contributed by atoms with Gasteiger partial charge in [-0.15, -0.1) is 0 Å². The molecule has 0 amide bonds. The van der Waals surface area contributed by atoms with Gasteiger partial charge in [-0.05, 0) is 79.9 Å². The van der Waals surface area contributed by atoms with Gasteiger partial charge in [0, 0.05) is 19.3 Å². The lowest BCUT2D eigenvalue weighted by Gasteiger charge is -2.26. The van der Waals surface area contributed by atoms with Gasteiger partial charge in [0.15, 0.2) is 0 Å². The van der Waals surface area contributed by atoms with Crippen LogP contribution in [0.25, 0.3) is 0 Å². The average Bonchev–Trinajstić information content (AvgIpc) is 2.97. The monoisotopic (exact) mass is 301 g/mol. The first-order chi connectivity index (χ1) is 10.8. The second kappa shape index (κ2) is 7.61. The Bertz CT molecular complexity index is 485. The van der Waals surface area contributed by atoms with Crippen LogP contribution in [0.4, 0.5) is 0 Å². The molecular formula is C20H31NO. The van der Waals surface area contributed by atoms with Crippen LogP contribution in [0.2, 0.25) is 0 Å². The Morgan fingerprint density at radius 3 is 2.82 bits per heavy atom. The highest BCUT2D eigenvalue weighted by Crippen LogP contribution is 2.36. The molecule has 2 aliphatic rings. The topological polar surface area (TPSA) is 35.2 Å². The third kappa shape index (κ3) is 3.91. The fourth-order valence-corrected chi connectivity index (χ4v) is 4.17. The Morgan fingerprint density at radius 2 is 2.05 bits per heavy atom. The molecule has 2 nitrogen and oxygen atoms in total. The van der Waals surface area contributed by atoms with Crippen LogP contribution in [0, 0.1) is 5.92 Å². The van der Waals surface area contributed by atoms with Crippen LogP contribution in [0.15, 0.2) is 18.2 Å². The van der Waals surface area contributed by atoms with E-state index in [9.17, 15) is 0 Å². The molecule has 0 spiro atoms. The lowest BCUT2D eigenvalue weighted by Crippen LogP contribution is -2.17. The molecule has 2 heteroatoms. The molecule has 0 aromatic heterocycles. The smallest absolute Gasteiger partial charge is 0.0468 e. The van der Waals surface area contributed by atoms with Gasteiger partial charge in [-0.3, -0.25) is 0 Å². The maximum absolute atomic E-state index is 6.07. The van der Waals surface area contributed by atoms with E-state index in [0.29, 0.717) is 12.0 Å². The Labute approximate surface area is 135 Å². The molecule has 0 heterocycles. The third-order valence-electron chi connectivity index (χ3n) is 5.52. The molecule has 0 aliphatic heterocycles. The lowest BCUT2D eigenvalue weighted by molar-refractivity contribution is 0.118. The van der Waals surface area contributed by atoms with Crippen LogP contribution in [0.3, 0.4) is 0 Å². The maximum atomic E-state index is 6.07. The van der Waals surface area contributed by atoms with Gasteiger partial charge in [0.25, 0.3) is 0 Å². The molecule has 1 fully saturated rings. The van der Waals surface area contributed by atoms with E-state index >= 15 is 0 Å². The lowest BCUT2D eigenvalue weighted by atomic mass is 9.80. The van der Waals surface area contributed by atoms with Gasteiger partial charge in [0.2, 0.25) is 0 Å². The second-order valence-corrected chi connectivity index (χ2v) is 7.31. The zero-order valence-electron chi connectivity index (χ0n) is 14.0. The van der Waals surface area contributed by atoms with Crippen LogP contribution in [-0.2, 0) is 17.6 Å². The summed E-state index contributed by atoms with van der Waals surface area (Å²) in [5.41, 5.74) is 10.8. The van der Waals surface area contributed by atoms with Crippen molar-refractivity contribution in [1.29, 1.82) is 0 Å². The normalized spacial score (nSPS) is 27.8. The van der Waals surface area contributed by atoms with Crippen molar-refractivity contribution in [3.05, 3.63) is 34.9 Å². The maximum Gasteiger partial charge on any atom is 0.0468 e. The van der Waals surface area contributed by atoms with Crippen LogP contribution in [0.1, 0.15) is 68.1 Å². The minimum absolute atomic E-state index is 0.425. The number of fused-ring (bicyclic) bond motifs is 1. The molecule has 0 radical (unpaired) electrons. The molecule has 3 rings (SSSR count). The van der Waals surface area contributed by atoms with Gasteiger partial charge >= 0.3 is 0 Å². The van der Waals surface area contributed by atoms with Gasteiger partial charge in [-0.2, -0.15) is 0 Å². The Morgan fingerprint density at radius 1 is 1.14 bits per heavy atom. The predicted octanol–water partition coefficient (Wildman–Crippen LogP) is 4.20. The van der Waals surface area contributed by atoms with Crippen molar-refractivity contribution < 1.29 is 4.74 Å². The number of hydrogen-bond donors (Lipinski definition) is 1. The molecule has 2 aliphatic carbocycles. The number of nitrogens with two attached hydrogens (primary N) is 1. The van der Waals surface area contributed by atoms with E-state index in [-0.39, 0.29) is 0 Å². The zero-order valence-corrected chi connectivity index (χ0v) is 14.0. The van der Waals surface area contributed by atoms with Crippen LogP contribution in [-0.4, -0.2) is 19.3 Å². The van der Waals surface area contributed by atoms with Gasteiger partial charge in [-0.25, -0.2) is 0 Å². The summed E-state index contributed by atoms with van der Waals surface area (Å²) in [4.78, 5) is 0. The molecule has 1 saturated carbocycles. The van der Waals surface area contributed by atoms with Crippen molar-refractivity contribution >= 4 is 0 Å². The number of benzene rings is 1. The highest BCUT2D eigenvalue weighted by molar-refractivity contribution is 5.36. The third-order valence-corrected chi connectivity index (χ3v) is 5.52. The van der Waals surface area contributed by atoms with Gasteiger partial charge in [0.05, 0.1) is 0 Å². The number of hydrogen-bond acceptors (Lipinski definition) is 2. The number of rotatable bonds is 6. The molecule has 1 aromatic carbocycles. The van der Waals surface area contributed by atoms with Crippen molar-refractivity contribution in [3.63, 3.8) is 0 Å². The quantitative estimate of drug-likeness (QED) is 0.799. The average molecular weight is 301 g/mol. The Balaban J connectivity index is 1.57. The predicted molar refractivity (Wildman–Crippen MR) is 92.3 cm³/mol. The summed E-state index contributed by atoms with van der Waals surface area (Å²) in [7, 11) is 0. The van der Waals surface area contributed by atoms with Crippen LogP contribution in [0.5, 0.6) is 0 Å². The van der Waals surface area contributed by atoms with E-state index in [2.05, 4.69) is 25.1 Å². The number of ether oxygens (including phenoxy) is 1. The molecule has 2 N–H and O–H groups in total. The van der Waals surface area contributed by atoms with E-state index in [4.69, 9.17) is 10.5 Å². The summed E-state index contributed by atoms with van der Waals surface area (Å²) in [5, 5.41) is 0. The SMILES string of the molecule is CCCOCCC1CCc2cc(C3CCC(N)C3)ccc2C1. The van der Waals surface area contributed by atoms with Crippen molar-refractivity contribution in [2.75, 3.05) is 13.2 Å². The summed E-state index contributed by atoms with van der Waals surface area (Å²) >= 11 is 0. The van der Waals surface area contributed by atoms with Gasteiger partial charge in [0.1, 0.15) is 0 Å². The fourth-order valence-electron chi connectivity index (χ4n) is 4.17. The van der Waals surface area contributed by atoms with E-state index in [1.807, 2.05) is 0 Å². The zero-order chi connectivity index (χ0) is 15.4. The molecular weight excluding hydrogens is 270 g/mol. The van der Waals surface area contributed by atoms with Crippen molar-refractivity contribution in [3.8, 4) is 0 Å². The molecule has 0 bridgehead atoms. The van der Waals surface area contributed by atoms with E-state index < -0.39 is 0 Å². The first-order valence-electron chi connectivity index (χ1n) is 9.21.